The zero-order valence-electron chi connectivity index (χ0n) is 18.5. The Morgan fingerprint density at radius 2 is 1.49 bits per heavy atom. The van der Waals surface area contributed by atoms with Gasteiger partial charge in [-0.3, -0.25) is 9.59 Å². The lowest BCUT2D eigenvalue weighted by Crippen LogP contribution is -2.25. The largest absolute Gasteiger partial charge is 0.465 e. The van der Waals surface area contributed by atoms with Gasteiger partial charge in [-0.05, 0) is 29.9 Å². The van der Waals surface area contributed by atoms with E-state index in [-0.39, 0.29) is 22.2 Å². The van der Waals surface area contributed by atoms with Crippen molar-refractivity contribution in [3.05, 3.63) is 107 Å². The normalized spacial score (nSPS) is 11.9. The van der Waals surface area contributed by atoms with Gasteiger partial charge in [-0.15, -0.1) is 11.3 Å². The Bertz CT molecular complexity index is 1510. The Morgan fingerprint density at radius 3 is 2.20 bits per heavy atom. The maximum absolute atomic E-state index is 13.2. The molecule has 6 nitrogen and oxygen atoms in total. The van der Waals surface area contributed by atoms with Crippen LogP contribution in [0.4, 0.5) is 10.7 Å². The molecule has 1 aliphatic carbocycles. The van der Waals surface area contributed by atoms with Gasteiger partial charge in [0.2, 0.25) is 0 Å². The van der Waals surface area contributed by atoms with Gasteiger partial charge in [-0.1, -0.05) is 66.7 Å². The first-order chi connectivity index (χ1) is 17.0. The van der Waals surface area contributed by atoms with Gasteiger partial charge in [-0.25, -0.2) is 4.79 Å². The Hall–Kier alpha value is -4.14. The predicted octanol–water partition coefficient (Wildman–Crippen LogP) is 5.79. The first-order valence-corrected chi connectivity index (χ1v) is 11.9. The lowest BCUT2D eigenvalue weighted by atomic mass is 9.83. The van der Waals surface area contributed by atoms with E-state index in [1.54, 1.807) is 48.5 Å². The highest BCUT2D eigenvalue weighted by Gasteiger charge is 2.31. The average Bonchev–Trinajstić information content (AvgIpc) is 3.30. The predicted molar refractivity (Wildman–Crippen MR) is 141 cm³/mol. The third-order valence-electron chi connectivity index (χ3n) is 5.62. The number of fused-ring (bicyclic) bond motifs is 2. The Balaban J connectivity index is 1.45. The number of thiocarbonyl (C=S) groups is 1. The van der Waals surface area contributed by atoms with Crippen molar-refractivity contribution >= 4 is 56.9 Å². The summed E-state index contributed by atoms with van der Waals surface area (Å²) >= 11 is 6.87. The second-order valence-electron chi connectivity index (χ2n) is 7.72. The van der Waals surface area contributed by atoms with Crippen LogP contribution in [0.3, 0.4) is 0 Å². The molecule has 8 heteroatoms. The number of ether oxygens (including phenoxy) is 1. The molecule has 1 heterocycles. The molecule has 0 spiro atoms. The molecular weight excluding hydrogens is 480 g/mol. The summed E-state index contributed by atoms with van der Waals surface area (Å²) in [7, 11) is 1.32. The summed E-state index contributed by atoms with van der Waals surface area (Å²) in [5.41, 5.74) is 3.04. The Kier molecular flexibility index (Phi) is 5.98. The first kappa shape index (κ1) is 22.6. The molecule has 5 rings (SSSR count). The smallest absolute Gasteiger partial charge is 0.340 e. The van der Waals surface area contributed by atoms with E-state index in [2.05, 4.69) is 10.6 Å². The van der Waals surface area contributed by atoms with Crippen molar-refractivity contribution in [2.45, 2.75) is 0 Å². The summed E-state index contributed by atoms with van der Waals surface area (Å²) in [6.45, 7) is 0. The summed E-state index contributed by atoms with van der Waals surface area (Å²) in [6, 6.07) is 23.2. The maximum atomic E-state index is 13.2. The number of benzene rings is 3. The maximum Gasteiger partial charge on any atom is 0.340 e. The van der Waals surface area contributed by atoms with Crippen LogP contribution in [0.1, 0.15) is 42.2 Å². The molecule has 0 bridgehead atoms. The number of anilines is 2. The zero-order chi connectivity index (χ0) is 24.5. The molecule has 0 saturated heterocycles. The molecule has 1 aromatic heterocycles. The summed E-state index contributed by atoms with van der Waals surface area (Å²) in [5, 5.41) is 6.77. The van der Waals surface area contributed by atoms with Crippen LogP contribution >= 0.6 is 23.6 Å². The SMILES string of the molecule is COC(=O)c1cc(-c2ccccc2)sc1NC(=S)Nc1cccc2c1C(=O)c1ccccc1C2=O. The lowest BCUT2D eigenvalue weighted by molar-refractivity contribution is 0.0602. The van der Waals surface area contributed by atoms with Crippen molar-refractivity contribution in [1.29, 1.82) is 0 Å². The van der Waals surface area contributed by atoms with Crippen LogP contribution in [-0.2, 0) is 4.74 Å². The van der Waals surface area contributed by atoms with Gasteiger partial charge in [0, 0.05) is 21.6 Å². The van der Waals surface area contributed by atoms with Crippen LogP contribution in [-0.4, -0.2) is 29.8 Å². The van der Waals surface area contributed by atoms with E-state index in [0.29, 0.717) is 32.9 Å². The van der Waals surface area contributed by atoms with E-state index < -0.39 is 5.97 Å². The second kappa shape index (κ2) is 9.25. The number of carbonyl (C=O) groups is 3. The minimum atomic E-state index is -0.497. The second-order valence-corrected chi connectivity index (χ2v) is 9.18. The first-order valence-electron chi connectivity index (χ1n) is 10.6. The van der Waals surface area contributed by atoms with Crippen molar-refractivity contribution < 1.29 is 19.1 Å². The summed E-state index contributed by atoms with van der Waals surface area (Å²) in [5.74, 6) is -0.960. The number of nitrogens with one attached hydrogen (secondary N) is 2. The summed E-state index contributed by atoms with van der Waals surface area (Å²) in [4.78, 5) is 39.5. The fraction of sp³-hybridized carbons (Fsp3) is 0.0370. The number of ketones is 2. The van der Waals surface area contributed by atoms with Gasteiger partial charge in [-0.2, -0.15) is 0 Å². The van der Waals surface area contributed by atoms with Gasteiger partial charge in [0.1, 0.15) is 5.00 Å². The Labute approximate surface area is 210 Å². The van der Waals surface area contributed by atoms with Crippen LogP contribution in [0.2, 0.25) is 0 Å². The molecule has 0 amide bonds. The van der Waals surface area contributed by atoms with E-state index in [1.165, 1.54) is 18.4 Å². The van der Waals surface area contributed by atoms with Gasteiger partial charge in [0.25, 0.3) is 0 Å². The van der Waals surface area contributed by atoms with E-state index in [4.69, 9.17) is 17.0 Å². The van der Waals surface area contributed by atoms with Crippen LogP contribution in [0.5, 0.6) is 0 Å². The quantitative estimate of drug-likeness (QED) is 0.240. The number of carbonyl (C=O) groups excluding carboxylic acids is 3. The minimum absolute atomic E-state index is 0.170. The van der Waals surface area contributed by atoms with Crippen molar-refractivity contribution in [2.24, 2.45) is 0 Å². The van der Waals surface area contributed by atoms with E-state index in [1.807, 2.05) is 30.3 Å². The molecule has 0 unspecified atom stereocenters. The zero-order valence-corrected chi connectivity index (χ0v) is 20.1. The molecule has 0 atom stereocenters. The fourth-order valence-corrected chi connectivity index (χ4v) is 5.33. The summed E-state index contributed by atoms with van der Waals surface area (Å²) < 4.78 is 4.94. The molecule has 3 aromatic carbocycles. The van der Waals surface area contributed by atoms with Gasteiger partial charge >= 0.3 is 5.97 Å². The fourth-order valence-electron chi connectivity index (χ4n) is 4.00. The van der Waals surface area contributed by atoms with Crippen LogP contribution < -0.4 is 10.6 Å². The third-order valence-corrected chi connectivity index (χ3v) is 6.93. The van der Waals surface area contributed by atoms with Crippen LogP contribution in [0.15, 0.2) is 78.9 Å². The molecule has 1 aliphatic rings. The number of hydrogen-bond donors (Lipinski definition) is 2. The molecule has 4 aromatic rings. The molecule has 0 fully saturated rings. The molecule has 2 N–H and O–H groups in total. The highest BCUT2D eigenvalue weighted by molar-refractivity contribution is 7.80. The van der Waals surface area contributed by atoms with E-state index in [0.717, 1.165) is 10.4 Å². The summed E-state index contributed by atoms with van der Waals surface area (Å²) in [6.07, 6.45) is 0. The third kappa shape index (κ3) is 4.14. The molecule has 35 heavy (non-hydrogen) atoms. The number of methoxy groups -OCH3 is 1. The van der Waals surface area contributed by atoms with Crippen molar-refractivity contribution in [2.75, 3.05) is 17.7 Å². The average molecular weight is 499 g/mol. The monoisotopic (exact) mass is 498 g/mol. The van der Waals surface area contributed by atoms with Crippen LogP contribution in [0, 0.1) is 0 Å². The molecule has 172 valence electrons. The van der Waals surface area contributed by atoms with Crippen molar-refractivity contribution in [3.8, 4) is 10.4 Å². The number of hydrogen-bond acceptors (Lipinski definition) is 6. The van der Waals surface area contributed by atoms with Crippen LogP contribution in [0.25, 0.3) is 10.4 Å². The Morgan fingerprint density at radius 1 is 0.829 bits per heavy atom. The number of thiophene rings is 1. The van der Waals surface area contributed by atoms with E-state index >= 15 is 0 Å². The lowest BCUT2D eigenvalue weighted by Gasteiger charge is -2.21. The number of esters is 1. The molecular formula is C27H18N2O4S2. The topological polar surface area (TPSA) is 84.5 Å². The van der Waals surface area contributed by atoms with Gasteiger partial charge in [0.05, 0.1) is 23.9 Å². The van der Waals surface area contributed by atoms with Crippen molar-refractivity contribution in [1.82, 2.24) is 0 Å². The highest BCUT2D eigenvalue weighted by Crippen LogP contribution is 2.36. The molecule has 0 radical (unpaired) electrons. The minimum Gasteiger partial charge on any atom is -0.465 e. The van der Waals surface area contributed by atoms with Crippen molar-refractivity contribution in [3.63, 3.8) is 0 Å². The van der Waals surface area contributed by atoms with E-state index in [9.17, 15) is 14.4 Å². The molecule has 0 saturated carbocycles. The molecule has 0 aliphatic heterocycles. The van der Waals surface area contributed by atoms with Gasteiger partial charge in [0.15, 0.2) is 16.7 Å². The number of rotatable bonds is 4. The highest BCUT2D eigenvalue weighted by atomic mass is 32.1. The van der Waals surface area contributed by atoms with Gasteiger partial charge < -0.3 is 15.4 Å². The standard InChI is InChI=1S/C27H18N2O4S2/c1-33-26(32)19-14-21(15-8-3-2-4-9-15)35-25(19)29-27(34)28-20-13-7-12-18-22(20)24(31)17-11-6-5-10-16(17)23(18)30/h2-14H,1H3,(H2,28,29,34).